The number of methoxy groups -OCH3 is 1. The molecule has 1 unspecified atom stereocenters. The number of nitrogens with two attached hydrogens (primary N) is 1. The minimum atomic E-state index is -1.60. The molecule has 2 heterocycles. The van der Waals surface area contributed by atoms with Gasteiger partial charge >= 0.3 is 12.0 Å². The van der Waals surface area contributed by atoms with Crippen LogP contribution in [-0.4, -0.2) is 56.0 Å². The average Bonchev–Trinajstić information content (AvgIpc) is 3.24. The molecule has 0 saturated heterocycles. The van der Waals surface area contributed by atoms with Crippen LogP contribution in [0.4, 0.5) is 10.2 Å². The van der Waals surface area contributed by atoms with Crippen molar-refractivity contribution in [3.8, 4) is 12.3 Å². The molecule has 0 saturated carbocycles. The number of carbonyl (C=O) groups is 1. The van der Waals surface area contributed by atoms with Crippen molar-refractivity contribution in [1.29, 1.82) is 0 Å². The molecular formula is C25H38FN5O4. The van der Waals surface area contributed by atoms with Gasteiger partial charge < -0.3 is 24.9 Å². The van der Waals surface area contributed by atoms with E-state index < -0.39 is 23.8 Å². The van der Waals surface area contributed by atoms with Gasteiger partial charge in [-0.25, -0.2) is 4.98 Å². The molecule has 2 rings (SSSR count). The molecule has 0 aliphatic rings. The Bertz CT molecular complexity index is 977. The van der Waals surface area contributed by atoms with Crippen LogP contribution in [0.2, 0.25) is 0 Å². The quantitative estimate of drug-likeness (QED) is 0.148. The normalized spacial score (nSPS) is 13.9. The highest BCUT2D eigenvalue weighted by Gasteiger charge is 2.38. The number of imidazole rings is 1. The largest absolute Gasteiger partial charge is 0.461 e. The number of aromatic nitrogens is 4. The van der Waals surface area contributed by atoms with Gasteiger partial charge in [0, 0.05) is 13.5 Å². The second kappa shape index (κ2) is 14.6. The highest BCUT2D eigenvalue weighted by molar-refractivity contribution is 5.81. The van der Waals surface area contributed by atoms with E-state index >= 15 is 0 Å². The third-order valence-corrected chi connectivity index (χ3v) is 6.16. The second-order valence-electron chi connectivity index (χ2n) is 8.79. The molecule has 9 nitrogen and oxygen atoms in total. The molecule has 0 amide bonds. The molecule has 10 heteroatoms. The summed E-state index contributed by atoms with van der Waals surface area (Å²) in [7, 11) is 1.32. The van der Waals surface area contributed by atoms with E-state index in [1.54, 1.807) is 0 Å². The molecule has 0 aliphatic heterocycles. The van der Waals surface area contributed by atoms with Crippen LogP contribution < -0.4 is 5.73 Å². The van der Waals surface area contributed by atoms with Crippen LogP contribution in [0.5, 0.6) is 0 Å². The first-order valence-electron chi connectivity index (χ1n) is 12.4. The fourth-order valence-corrected chi connectivity index (χ4v) is 3.91. The lowest BCUT2D eigenvalue weighted by atomic mass is 9.98. The zero-order valence-corrected chi connectivity index (χ0v) is 20.8. The topological polar surface area (TPSA) is 125 Å². The van der Waals surface area contributed by atoms with Gasteiger partial charge in [0.05, 0.1) is 12.9 Å². The number of terminal acetylenes is 1. The number of ether oxygens (including phenoxy) is 2. The van der Waals surface area contributed by atoms with Crippen molar-refractivity contribution in [2.45, 2.75) is 95.8 Å². The number of aliphatic hydroxyl groups excluding tert-OH is 1. The number of nitrogen functional groups attached to an aromatic ring is 1. The number of rotatable bonds is 17. The summed E-state index contributed by atoms with van der Waals surface area (Å²) >= 11 is 0. The molecule has 194 valence electrons. The van der Waals surface area contributed by atoms with E-state index in [2.05, 4.69) is 27.8 Å². The zero-order chi connectivity index (χ0) is 25.7. The van der Waals surface area contributed by atoms with Gasteiger partial charge in [0.15, 0.2) is 17.1 Å². The van der Waals surface area contributed by atoms with Crippen LogP contribution in [-0.2, 0) is 20.8 Å². The third kappa shape index (κ3) is 8.44. The van der Waals surface area contributed by atoms with Crippen molar-refractivity contribution >= 4 is 23.0 Å². The second-order valence-corrected chi connectivity index (χ2v) is 8.79. The van der Waals surface area contributed by atoms with Crippen LogP contribution in [0.1, 0.15) is 77.6 Å². The van der Waals surface area contributed by atoms with Gasteiger partial charge in [-0.05, 0) is 6.42 Å². The predicted octanol–water partition coefficient (Wildman–Crippen LogP) is 3.78. The molecule has 35 heavy (non-hydrogen) atoms. The van der Waals surface area contributed by atoms with Crippen molar-refractivity contribution < 1.29 is 23.8 Å². The molecule has 0 radical (unpaired) electrons. The molecule has 2 aromatic rings. The van der Waals surface area contributed by atoms with Gasteiger partial charge in [-0.3, -0.25) is 4.79 Å². The number of anilines is 1. The summed E-state index contributed by atoms with van der Waals surface area (Å²) in [6, 6.07) is 0. The lowest BCUT2D eigenvalue weighted by molar-refractivity contribution is -0.157. The third-order valence-electron chi connectivity index (χ3n) is 6.16. The number of nitrogens with zero attached hydrogens (tertiary/aromatic N) is 4. The van der Waals surface area contributed by atoms with Crippen molar-refractivity contribution in [2.75, 3.05) is 19.5 Å². The number of fused-ring (bicyclic) bond motifs is 1. The van der Waals surface area contributed by atoms with Crippen molar-refractivity contribution in [3.05, 3.63) is 12.4 Å². The van der Waals surface area contributed by atoms with Gasteiger partial charge in [0.25, 0.3) is 0 Å². The van der Waals surface area contributed by atoms with E-state index in [9.17, 15) is 14.3 Å². The Labute approximate surface area is 206 Å². The summed E-state index contributed by atoms with van der Waals surface area (Å²) in [5.74, 6) is 1.88. The van der Waals surface area contributed by atoms with Gasteiger partial charge in [-0.2, -0.15) is 14.4 Å². The van der Waals surface area contributed by atoms with Crippen molar-refractivity contribution in [1.82, 2.24) is 19.5 Å². The fourth-order valence-electron chi connectivity index (χ4n) is 3.91. The number of unbranched alkanes of at least 4 members (excludes halogenated alkanes) is 9. The maximum absolute atomic E-state index is 13.6. The number of carbonyl (C=O) groups excluding carboxylic acids is 1. The monoisotopic (exact) mass is 491 g/mol. The molecule has 3 N–H and O–H groups in total. The summed E-state index contributed by atoms with van der Waals surface area (Å²) in [5.41, 5.74) is 4.38. The van der Waals surface area contributed by atoms with E-state index in [0.29, 0.717) is 0 Å². The molecular weight excluding hydrogens is 453 g/mol. The first kappa shape index (κ1) is 28.5. The smallest absolute Gasteiger partial charge is 0.312 e. The van der Waals surface area contributed by atoms with Gasteiger partial charge in [0.2, 0.25) is 0 Å². The summed E-state index contributed by atoms with van der Waals surface area (Å²) in [6.45, 7) is 1.75. The molecule has 0 bridgehead atoms. The minimum absolute atomic E-state index is 0.106. The first-order valence-corrected chi connectivity index (χ1v) is 12.4. The Morgan fingerprint density at radius 3 is 2.43 bits per heavy atom. The zero-order valence-electron chi connectivity index (χ0n) is 20.8. The molecule has 2 atom stereocenters. The summed E-state index contributed by atoms with van der Waals surface area (Å²) in [5, 5.41) is 10.8. The van der Waals surface area contributed by atoms with Crippen LogP contribution in [0, 0.1) is 18.4 Å². The number of hydrogen-bond donors (Lipinski definition) is 2. The summed E-state index contributed by atoms with van der Waals surface area (Å²) in [6.07, 6.45) is 16.6. The maximum atomic E-state index is 13.6. The van der Waals surface area contributed by atoms with Gasteiger partial charge in [-0.15, -0.1) is 6.42 Å². The van der Waals surface area contributed by atoms with Crippen molar-refractivity contribution in [2.24, 2.45) is 0 Å². The van der Waals surface area contributed by atoms with Gasteiger partial charge in [0.1, 0.15) is 18.2 Å². The van der Waals surface area contributed by atoms with Crippen LogP contribution >= 0.6 is 0 Å². The number of hydrogen-bond acceptors (Lipinski definition) is 8. The van der Waals surface area contributed by atoms with E-state index in [4.69, 9.17) is 21.6 Å². The minimum Gasteiger partial charge on any atom is -0.461 e. The Balaban J connectivity index is 1.79. The molecule has 0 aromatic carbocycles. The predicted molar refractivity (Wildman–Crippen MR) is 132 cm³/mol. The summed E-state index contributed by atoms with van der Waals surface area (Å²) in [4.78, 5) is 23.4. The highest BCUT2D eigenvalue weighted by Crippen LogP contribution is 2.21. The van der Waals surface area contributed by atoms with Crippen LogP contribution in [0.15, 0.2) is 6.33 Å². The Hall–Kier alpha value is -2.77. The Kier molecular flexibility index (Phi) is 11.9. The highest BCUT2D eigenvalue weighted by atomic mass is 19.1. The fraction of sp³-hybridized carbons (Fsp3) is 0.680. The standard InChI is InChI=1S/C25H38FN5O4/c1-4-6-7-8-9-10-11-12-13-14-15-20(33)35-17-25(5-2,34-3)19(32)16-31-18-28-21-22(27)29-24(26)30-23(21)31/h2,18-19,32H,4,6-17H2,1,3H3,(H2,27,29,30)/t19-,25?/m0/s1. The van der Waals surface area contributed by atoms with E-state index in [-0.39, 0.29) is 36.6 Å². The van der Waals surface area contributed by atoms with E-state index in [1.165, 1.54) is 62.9 Å². The average molecular weight is 492 g/mol. The molecule has 0 fully saturated rings. The van der Waals surface area contributed by atoms with E-state index in [0.717, 1.165) is 19.3 Å². The summed E-state index contributed by atoms with van der Waals surface area (Å²) < 4.78 is 25.7. The lowest BCUT2D eigenvalue weighted by Gasteiger charge is -2.31. The molecule has 0 spiro atoms. The van der Waals surface area contributed by atoms with Crippen LogP contribution in [0.25, 0.3) is 11.2 Å². The first-order chi connectivity index (χ1) is 16.9. The number of aliphatic hydroxyl groups is 1. The van der Waals surface area contributed by atoms with E-state index in [1.807, 2.05) is 0 Å². The molecule has 0 aliphatic carbocycles. The number of halogens is 1. The van der Waals surface area contributed by atoms with Gasteiger partial charge in [-0.1, -0.05) is 70.6 Å². The van der Waals surface area contributed by atoms with Crippen molar-refractivity contribution in [3.63, 3.8) is 0 Å². The lowest BCUT2D eigenvalue weighted by Crippen LogP contribution is -2.49. The number of esters is 1. The molecule has 2 aromatic heterocycles. The Morgan fingerprint density at radius 1 is 1.20 bits per heavy atom. The SMILES string of the molecule is C#CC(COC(=O)CCCCCCCCCCCC)(OC)[C@@H](O)Cn1cnc2c(N)nc(F)nc21. The van der Waals surface area contributed by atoms with Crippen LogP contribution in [0.3, 0.4) is 0 Å². The maximum Gasteiger partial charge on any atom is 0.312 e. The Morgan fingerprint density at radius 2 is 1.83 bits per heavy atom.